The Morgan fingerprint density at radius 1 is 1.14 bits per heavy atom. The number of carboxylic acids is 1. The molecule has 0 radical (unpaired) electrons. The number of hydrogen-bond acceptors (Lipinski definition) is 3. The fourth-order valence-corrected chi connectivity index (χ4v) is 1.85. The molecule has 0 heterocycles. The average molecular weight is 289 g/mol. The van der Waals surface area contributed by atoms with Crippen molar-refractivity contribution >= 4 is 17.6 Å². The predicted molar refractivity (Wildman–Crippen MR) is 73.8 cm³/mol. The first-order valence-corrected chi connectivity index (χ1v) is 6.06. The molecule has 0 saturated heterocycles. The molecule has 0 aromatic heterocycles. The first kappa shape index (κ1) is 14.5. The Labute approximate surface area is 119 Å². The topological polar surface area (TPSA) is 86.6 Å². The van der Waals surface area contributed by atoms with Gasteiger partial charge in [0.25, 0.3) is 0 Å². The monoisotopic (exact) mass is 289 g/mol. The molecule has 1 amide bonds. The minimum atomic E-state index is -1.33. The number of rotatable bonds is 4. The fourth-order valence-electron chi connectivity index (χ4n) is 1.85. The van der Waals surface area contributed by atoms with Crippen molar-refractivity contribution < 1.29 is 24.2 Å². The van der Waals surface area contributed by atoms with Crippen molar-refractivity contribution in [3.05, 3.63) is 59.4 Å². The predicted octanol–water partition coefficient (Wildman–Crippen LogP) is 2.41. The Bertz CT molecular complexity index is 700. The molecule has 0 aliphatic rings. The van der Waals surface area contributed by atoms with Gasteiger partial charge in [-0.2, -0.15) is 0 Å². The van der Waals surface area contributed by atoms with Crippen molar-refractivity contribution in [2.75, 3.05) is 5.32 Å². The third-order valence-corrected chi connectivity index (χ3v) is 2.76. The number of carbonyl (C=O) groups excluding carboxylic acids is 1. The number of benzene rings is 2. The van der Waals surface area contributed by atoms with Crippen LogP contribution in [0, 0.1) is 5.82 Å². The highest BCUT2D eigenvalue weighted by Crippen LogP contribution is 2.18. The van der Waals surface area contributed by atoms with Gasteiger partial charge in [0.05, 0.1) is 17.7 Å². The highest BCUT2D eigenvalue weighted by atomic mass is 19.1. The largest absolute Gasteiger partial charge is 0.508 e. The molecule has 0 spiro atoms. The molecule has 0 unspecified atom stereocenters. The molecule has 0 aliphatic heterocycles. The van der Waals surface area contributed by atoms with E-state index < -0.39 is 17.7 Å². The minimum Gasteiger partial charge on any atom is -0.508 e. The number of aromatic hydroxyl groups is 1. The SMILES string of the molecule is O=C(Cc1cccc(O)c1)Nc1ccc(F)cc1C(=O)O. The lowest BCUT2D eigenvalue weighted by atomic mass is 10.1. The molecule has 21 heavy (non-hydrogen) atoms. The molecule has 0 aliphatic carbocycles. The summed E-state index contributed by atoms with van der Waals surface area (Å²) in [6.07, 6.45) is -0.0369. The van der Waals surface area contributed by atoms with E-state index in [-0.39, 0.29) is 23.4 Å². The van der Waals surface area contributed by atoms with Gasteiger partial charge in [0.15, 0.2) is 0 Å². The number of hydrogen-bond donors (Lipinski definition) is 3. The van der Waals surface area contributed by atoms with Crippen molar-refractivity contribution in [2.45, 2.75) is 6.42 Å². The Morgan fingerprint density at radius 3 is 2.57 bits per heavy atom. The van der Waals surface area contributed by atoms with Crippen LogP contribution >= 0.6 is 0 Å². The van der Waals surface area contributed by atoms with Gasteiger partial charge in [0, 0.05) is 0 Å². The smallest absolute Gasteiger partial charge is 0.337 e. The standard InChI is InChI=1S/C15H12FNO4/c16-10-4-5-13(12(8-10)15(20)21)17-14(19)7-9-2-1-3-11(18)6-9/h1-6,8,18H,7H2,(H,17,19)(H,20,21). The zero-order valence-electron chi connectivity index (χ0n) is 10.8. The van der Waals surface area contributed by atoms with E-state index >= 15 is 0 Å². The summed E-state index contributed by atoms with van der Waals surface area (Å²) in [6, 6.07) is 9.26. The third-order valence-electron chi connectivity index (χ3n) is 2.76. The summed E-state index contributed by atoms with van der Waals surface area (Å²) in [5, 5.41) is 20.7. The molecule has 0 atom stereocenters. The summed E-state index contributed by atoms with van der Waals surface area (Å²) in [5.41, 5.74) is 0.278. The molecule has 108 valence electrons. The molecule has 0 saturated carbocycles. The lowest BCUT2D eigenvalue weighted by Crippen LogP contribution is -2.17. The number of halogens is 1. The van der Waals surface area contributed by atoms with E-state index in [0.29, 0.717) is 5.56 Å². The second kappa shape index (κ2) is 6.04. The van der Waals surface area contributed by atoms with Crippen LogP contribution in [0.2, 0.25) is 0 Å². The van der Waals surface area contributed by atoms with Crippen molar-refractivity contribution in [3.8, 4) is 5.75 Å². The van der Waals surface area contributed by atoms with Gasteiger partial charge in [0.1, 0.15) is 11.6 Å². The number of anilines is 1. The van der Waals surface area contributed by atoms with Crippen LogP contribution in [0.15, 0.2) is 42.5 Å². The van der Waals surface area contributed by atoms with Crippen molar-refractivity contribution in [1.82, 2.24) is 0 Å². The van der Waals surface area contributed by atoms with Gasteiger partial charge in [-0.05, 0) is 35.9 Å². The van der Waals surface area contributed by atoms with Crippen LogP contribution in [-0.2, 0) is 11.2 Å². The Hall–Kier alpha value is -2.89. The normalized spacial score (nSPS) is 10.1. The van der Waals surface area contributed by atoms with Gasteiger partial charge in [-0.1, -0.05) is 12.1 Å². The van der Waals surface area contributed by atoms with Gasteiger partial charge in [-0.15, -0.1) is 0 Å². The molecule has 2 rings (SSSR count). The van der Waals surface area contributed by atoms with E-state index in [0.717, 1.165) is 12.1 Å². The van der Waals surface area contributed by atoms with Gasteiger partial charge in [-0.25, -0.2) is 9.18 Å². The van der Waals surface area contributed by atoms with Crippen LogP contribution in [0.1, 0.15) is 15.9 Å². The second-order valence-electron chi connectivity index (χ2n) is 4.39. The number of amides is 1. The lowest BCUT2D eigenvalue weighted by Gasteiger charge is -2.09. The van der Waals surface area contributed by atoms with Crippen LogP contribution in [0.4, 0.5) is 10.1 Å². The van der Waals surface area contributed by atoms with E-state index in [1.54, 1.807) is 12.1 Å². The molecule has 0 fully saturated rings. The van der Waals surface area contributed by atoms with E-state index in [9.17, 15) is 19.1 Å². The van der Waals surface area contributed by atoms with E-state index in [1.807, 2.05) is 0 Å². The van der Waals surface area contributed by atoms with Gasteiger partial charge >= 0.3 is 5.97 Å². The molecule has 3 N–H and O–H groups in total. The highest BCUT2D eigenvalue weighted by Gasteiger charge is 2.14. The quantitative estimate of drug-likeness (QED) is 0.806. The first-order valence-electron chi connectivity index (χ1n) is 6.06. The summed E-state index contributed by atoms with van der Waals surface area (Å²) in [6.45, 7) is 0. The summed E-state index contributed by atoms with van der Waals surface area (Å²) in [4.78, 5) is 22.9. The van der Waals surface area contributed by atoms with Crippen molar-refractivity contribution in [2.24, 2.45) is 0 Å². The summed E-state index contributed by atoms with van der Waals surface area (Å²) >= 11 is 0. The first-order chi connectivity index (χ1) is 9.95. The highest BCUT2D eigenvalue weighted by molar-refractivity contribution is 6.01. The summed E-state index contributed by atoms with van der Waals surface area (Å²) in [7, 11) is 0. The van der Waals surface area contributed by atoms with E-state index in [4.69, 9.17) is 5.11 Å². The van der Waals surface area contributed by atoms with Crippen LogP contribution in [0.3, 0.4) is 0 Å². The molecular weight excluding hydrogens is 277 g/mol. The van der Waals surface area contributed by atoms with Gasteiger partial charge in [0.2, 0.25) is 5.91 Å². The number of phenols is 1. The van der Waals surface area contributed by atoms with Crippen LogP contribution < -0.4 is 5.32 Å². The average Bonchev–Trinajstić information content (AvgIpc) is 2.40. The maximum Gasteiger partial charge on any atom is 0.337 e. The molecule has 2 aromatic carbocycles. The number of nitrogens with one attached hydrogen (secondary N) is 1. The summed E-state index contributed by atoms with van der Waals surface area (Å²) in [5.74, 6) is -2.46. The maximum atomic E-state index is 13.0. The zero-order valence-corrected chi connectivity index (χ0v) is 10.8. The molecule has 5 nitrogen and oxygen atoms in total. The Kier molecular flexibility index (Phi) is 4.18. The van der Waals surface area contributed by atoms with Crippen LogP contribution in [0.25, 0.3) is 0 Å². The number of carbonyl (C=O) groups is 2. The van der Waals surface area contributed by atoms with E-state index in [1.165, 1.54) is 18.2 Å². The van der Waals surface area contributed by atoms with Crippen molar-refractivity contribution in [3.63, 3.8) is 0 Å². The number of carboxylic acid groups (broad SMARTS) is 1. The fraction of sp³-hybridized carbons (Fsp3) is 0.0667. The molecular formula is C15H12FNO4. The minimum absolute atomic E-state index is 0.0223. The van der Waals surface area contributed by atoms with Crippen LogP contribution in [0.5, 0.6) is 5.75 Å². The van der Waals surface area contributed by atoms with Gasteiger partial charge in [-0.3, -0.25) is 4.79 Å². The Balaban J connectivity index is 2.15. The molecule has 2 aromatic rings. The molecule has 6 heteroatoms. The van der Waals surface area contributed by atoms with Crippen LogP contribution in [-0.4, -0.2) is 22.1 Å². The number of aromatic carboxylic acids is 1. The molecule has 0 bridgehead atoms. The second-order valence-corrected chi connectivity index (χ2v) is 4.39. The lowest BCUT2D eigenvalue weighted by molar-refractivity contribution is -0.115. The third kappa shape index (κ3) is 3.79. The zero-order chi connectivity index (χ0) is 15.4. The number of phenolic OH excluding ortho intramolecular Hbond substituents is 1. The van der Waals surface area contributed by atoms with Gasteiger partial charge < -0.3 is 15.5 Å². The maximum absolute atomic E-state index is 13.0. The van der Waals surface area contributed by atoms with E-state index in [2.05, 4.69) is 5.32 Å². The Morgan fingerprint density at radius 2 is 1.90 bits per heavy atom. The van der Waals surface area contributed by atoms with Crippen molar-refractivity contribution in [1.29, 1.82) is 0 Å². The summed E-state index contributed by atoms with van der Waals surface area (Å²) < 4.78 is 13.0.